The Bertz CT molecular complexity index is 1290. The van der Waals surface area contributed by atoms with Crippen molar-refractivity contribution in [1.82, 2.24) is 0 Å². The van der Waals surface area contributed by atoms with Gasteiger partial charge in [-0.05, 0) is 46.2 Å². The maximum atomic E-state index is 11.7. The van der Waals surface area contributed by atoms with Crippen LogP contribution in [0, 0.1) is 0 Å². The van der Waals surface area contributed by atoms with Gasteiger partial charge in [-0.15, -0.1) is 0 Å². The van der Waals surface area contributed by atoms with Gasteiger partial charge in [-0.1, -0.05) is 36.4 Å². The van der Waals surface area contributed by atoms with E-state index in [2.05, 4.69) is 0 Å². The van der Waals surface area contributed by atoms with E-state index < -0.39 is 23.4 Å². The van der Waals surface area contributed by atoms with Gasteiger partial charge in [0.15, 0.2) is 0 Å². The zero-order valence-electron chi connectivity index (χ0n) is 14.6. The minimum Gasteiger partial charge on any atom is -0.506 e. The summed E-state index contributed by atoms with van der Waals surface area (Å²) in [6, 6.07) is 9.61. The summed E-state index contributed by atoms with van der Waals surface area (Å²) in [5.41, 5.74) is -0.381. The fourth-order valence-corrected chi connectivity index (χ4v) is 3.73. The lowest BCUT2D eigenvalue weighted by atomic mass is 9.89. The van der Waals surface area contributed by atoms with Crippen molar-refractivity contribution in [1.29, 1.82) is 0 Å². The van der Waals surface area contributed by atoms with E-state index in [1.165, 1.54) is 12.1 Å². The molecule has 28 heavy (non-hydrogen) atoms. The Labute approximate surface area is 158 Å². The molecular weight excluding hydrogens is 360 g/mol. The molecule has 3 aromatic carbocycles. The second-order valence-electron chi connectivity index (χ2n) is 6.62. The van der Waals surface area contributed by atoms with Crippen LogP contribution in [0.15, 0.2) is 36.4 Å². The number of aromatic carboxylic acids is 2. The van der Waals surface area contributed by atoms with Gasteiger partial charge in [0.2, 0.25) is 0 Å². The predicted octanol–water partition coefficient (Wildman–Crippen LogP) is 2.67. The van der Waals surface area contributed by atoms with Crippen LogP contribution in [0.1, 0.15) is 33.6 Å². The maximum absolute atomic E-state index is 11.7. The molecule has 1 aliphatic rings. The van der Waals surface area contributed by atoms with E-state index in [1.54, 1.807) is 24.3 Å². The Morgan fingerprint density at radius 3 is 2.11 bits per heavy atom. The molecule has 0 heterocycles. The van der Waals surface area contributed by atoms with Crippen LogP contribution in [0.4, 0.5) is 0 Å². The standard InChI is InChI=1S/C22H16O6/c23-19-15(21(25)26)9-11-5-1-3-7-13(11)17(19)18-14-8-4-2-6-12(14)10-16(20(18)24)22(27)28/h1,3,5-10,23-24H,2,4H2,(H,25,26)(H,27,28). The second-order valence-corrected chi connectivity index (χ2v) is 6.62. The third-order valence-electron chi connectivity index (χ3n) is 4.98. The predicted molar refractivity (Wildman–Crippen MR) is 104 cm³/mol. The summed E-state index contributed by atoms with van der Waals surface area (Å²) in [7, 11) is 0. The molecule has 6 nitrogen and oxygen atoms in total. The molecule has 0 aromatic heterocycles. The van der Waals surface area contributed by atoms with Gasteiger partial charge in [0.1, 0.15) is 22.6 Å². The van der Waals surface area contributed by atoms with Crippen molar-refractivity contribution in [2.45, 2.75) is 12.8 Å². The number of hydrogen-bond acceptors (Lipinski definition) is 4. The van der Waals surface area contributed by atoms with Crippen LogP contribution in [0.3, 0.4) is 0 Å². The first kappa shape index (κ1) is 17.6. The van der Waals surface area contributed by atoms with Crippen molar-refractivity contribution in [2.24, 2.45) is 0 Å². The maximum Gasteiger partial charge on any atom is 0.339 e. The number of benzene rings is 3. The highest BCUT2D eigenvalue weighted by molar-refractivity contribution is 6.09. The number of fused-ring (bicyclic) bond motifs is 2. The minimum atomic E-state index is -1.32. The van der Waals surface area contributed by atoms with Gasteiger partial charge in [-0.2, -0.15) is 0 Å². The summed E-state index contributed by atoms with van der Waals surface area (Å²) in [6.07, 6.45) is 5.13. The number of hydrogen-bond donors (Lipinski definition) is 4. The molecule has 0 bridgehead atoms. The lowest BCUT2D eigenvalue weighted by molar-refractivity contribution is 0.0682. The molecular formula is C22H16O6. The highest BCUT2D eigenvalue weighted by Crippen LogP contribution is 2.42. The molecule has 0 unspecified atom stereocenters. The van der Waals surface area contributed by atoms with Crippen LogP contribution >= 0.6 is 0 Å². The molecule has 3 aromatic rings. The molecule has 140 valence electrons. The SMILES string of the molecule is O=C(O)c1cc2c(c(-c3c(O)c(C(=O)O)cc4ccccc34)c1O)=CCCC=2. The van der Waals surface area contributed by atoms with E-state index in [0.29, 0.717) is 27.6 Å². The van der Waals surface area contributed by atoms with Crippen molar-refractivity contribution in [3.05, 3.63) is 58.0 Å². The number of carboxylic acids is 2. The normalized spacial score (nSPS) is 12.7. The Kier molecular flexibility index (Phi) is 4.04. The number of phenols is 2. The molecule has 4 rings (SSSR count). The van der Waals surface area contributed by atoms with E-state index in [4.69, 9.17) is 0 Å². The molecule has 0 saturated heterocycles. The van der Waals surface area contributed by atoms with Crippen LogP contribution in [-0.4, -0.2) is 32.4 Å². The summed E-state index contributed by atoms with van der Waals surface area (Å²) in [4.78, 5) is 23.3. The number of rotatable bonds is 3. The largest absolute Gasteiger partial charge is 0.506 e. The molecule has 6 heteroatoms. The molecule has 0 fully saturated rings. The third-order valence-corrected chi connectivity index (χ3v) is 4.98. The van der Waals surface area contributed by atoms with Gasteiger partial charge in [-0.3, -0.25) is 0 Å². The third kappa shape index (κ3) is 2.58. The monoisotopic (exact) mass is 376 g/mol. The zero-order chi connectivity index (χ0) is 20.0. The second kappa shape index (κ2) is 6.42. The van der Waals surface area contributed by atoms with Crippen molar-refractivity contribution in [2.75, 3.05) is 0 Å². The van der Waals surface area contributed by atoms with E-state index in [0.717, 1.165) is 6.42 Å². The lowest BCUT2D eigenvalue weighted by Crippen LogP contribution is -2.30. The zero-order valence-corrected chi connectivity index (χ0v) is 14.6. The van der Waals surface area contributed by atoms with Gasteiger partial charge in [0, 0.05) is 11.1 Å². The Morgan fingerprint density at radius 1 is 0.786 bits per heavy atom. The highest BCUT2D eigenvalue weighted by atomic mass is 16.4. The first-order chi connectivity index (χ1) is 13.4. The summed E-state index contributed by atoms with van der Waals surface area (Å²) in [5.74, 6) is -3.63. The number of aromatic hydroxyl groups is 2. The molecule has 0 aliphatic heterocycles. The molecule has 0 spiro atoms. The van der Waals surface area contributed by atoms with Crippen LogP contribution in [0.25, 0.3) is 34.1 Å². The van der Waals surface area contributed by atoms with Crippen LogP contribution < -0.4 is 10.4 Å². The van der Waals surface area contributed by atoms with Gasteiger partial charge in [0.05, 0.1) is 0 Å². The Balaban J connectivity index is 2.28. The van der Waals surface area contributed by atoms with E-state index in [-0.39, 0.29) is 22.3 Å². The van der Waals surface area contributed by atoms with Gasteiger partial charge in [-0.25, -0.2) is 9.59 Å². The summed E-state index contributed by atoms with van der Waals surface area (Å²) in [5, 5.41) is 42.9. The molecule has 0 radical (unpaired) electrons. The fourth-order valence-electron chi connectivity index (χ4n) is 3.73. The lowest BCUT2D eigenvalue weighted by Gasteiger charge is -2.17. The quantitative estimate of drug-likeness (QED) is 0.559. The molecule has 0 saturated carbocycles. The van der Waals surface area contributed by atoms with Gasteiger partial charge in [0.25, 0.3) is 0 Å². The van der Waals surface area contributed by atoms with E-state index in [1.807, 2.05) is 12.2 Å². The van der Waals surface area contributed by atoms with Crippen molar-refractivity contribution < 1.29 is 30.0 Å². The van der Waals surface area contributed by atoms with Gasteiger partial charge < -0.3 is 20.4 Å². The topological polar surface area (TPSA) is 115 Å². The van der Waals surface area contributed by atoms with Crippen molar-refractivity contribution >= 4 is 34.9 Å². The molecule has 0 amide bonds. The van der Waals surface area contributed by atoms with Crippen LogP contribution in [0.2, 0.25) is 0 Å². The highest BCUT2D eigenvalue weighted by Gasteiger charge is 2.25. The van der Waals surface area contributed by atoms with Crippen molar-refractivity contribution in [3.63, 3.8) is 0 Å². The molecule has 0 atom stereocenters. The first-order valence-corrected chi connectivity index (χ1v) is 8.68. The van der Waals surface area contributed by atoms with Crippen molar-refractivity contribution in [3.8, 4) is 22.6 Å². The van der Waals surface area contributed by atoms with E-state index in [9.17, 15) is 30.0 Å². The molecule has 4 N–H and O–H groups in total. The van der Waals surface area contributed by atoms with Crippen LogP contribution in [0.5, 0.6) is 11.5 Å². The number of carbonyl (C=O) groups is 2. The van der Waals surface area contributed by atoms with Gasteiger partial charge >= 0.3 is 11.9 Å². The van der Waals surface area contributed by atoms with E-state index >= 15 is 0 Å². The Hall–Kier alpha value is -3.80. The van der Waals surface area contributed by atoms with Crippen LogP contribution in [-0.2, 0) is 0 Å². The Morgan fingerprint density at radius 2 is 1.39 bits per heavy atom. The smallest absolute Gasteiger partial charge is 0.339 e. The minimum absolute atomic E-state index is 0.110. The fraction of sp³-hybridized carbons (Fsp3) is 0.0909. The number of carboxylic acid groups (broad SMARTS) is 2. The molecule has 1 aliphatic carbocycles. The first-order valence-electron chi connectivity index (χ1n) is 8.68. The summed E-state index contributed by atoms with van der Waals surface area (Å²) in [6.45, 7) is 0. The summed E-state index contributed by atoms with van der Waals surface area (Å²) >= 11 is 0. The summed E-state index contributed by atoms with van der Waals surface area (Å²) < 4.78 is 0. The average Bonchev–Trinajstić information content (AvgIpc) is 2.67. The average molecular weight is 376 g/mol.